The lowest BCUT2D eigenvalue weighted by Gasteiger charge is -2.22. The molecule has 1 aliphatic heterocycles. The predicted octanol–water partition coefficient (Wildman–Crippen LogP) is 4.92. The summed E-state index contributed by atoms with van der Waals surface area (Å²) in [6.07, 6.45) is 1.73. The lowest BCUT2D eigenvalue weighted by Crippen LogP contribution is -2.12. The van der Waals surface area contributed by atoms with Gasteiger partial charge in [-0.05, 0) is 35.7 Å². The SMILES string of the molecule is O=C(CCc1ccccc1)Oc1cccc2c1Cc1ccccc1O2. The molecule has 1 aliphatic rings. The van der Waals surface area contributed by atoms with E-state index in [0.717, 1.165) is 28.2 Å². The minimum absolute atomic E-state index is 0.226. The van der Waals surface area contributed by atoms with Crippen LogP contribution in [0.4, 0.5) is 0 Å². The van der Waals surface area contributed by atoms with Crippen molar-refractivity contribution in [1.82, 2.24) is 0 Å². The van der Waals surface area contributed by atoms with Gasteiger partial charge in [-0.25, -0.2) is 0 Å². The van der Waals surface area contributed by atoms with Crippen LogP contribution in [0.1, 0.15) is 23.1 Å². The number of hydrogen-bond acceptors (Lipinski definition) is 3. The van der Waals surface area contributed by atoms with Gasteiger partial charge in [-0.3, -0.25) is 4.79 Å². The number of esters is 1. The first-order chi connectivity index (χ1) is 12.3. The minimum atomic E-state index is -0.226. The highest BCUT2D eigenvalue weighted by Gasteiger charge is 2.21. The number of hydrogen-bond donors (Lipinski definition) is 0. The summed E-state index contributed by atoms with van der Waals surface area (Å²) >= 11 is 0. The molecule has 0 amide bonds. The van der Waals surface area contributed by atoms with Gasteiger partial charge in [0.1, 0.15) is 17.2 Å². The van der Waals surface area contributed by atoms with E-state index in [9.17, 15) is 4.79 Å². The summed E-state index contributed by atoms with van der Waals surface area (Å²) in [5.41, 5.74) is 3.16. The van der Waals surface area contributed by atoms with Gasteiger partial charge in [-0.15, -0.1) is 0 Å². The third-order valence-electron chi connectivity index (χ3n) is 4.33. The monoisotopic (exact) mass is 330 g/mol. The van der Waals surface area contributed by atoms with Crippen molar-refractivity contribution in [3.05, 3.63) is 89.5 Å². The second-order valence-electron chi connectivity index (χ2n) is 6.08. The Kier molecular flexibility index (Phi) is 4.21. The highest BCUT2D eigenvalue weighted by Crippen LogP contribution is 2.40. The Hall–Kier alpha value is -3.07. The molecular formula is C22H18O3. The molecule has 0 atom stereocenters. The third-order valence-corrected chi connectivity index (χ3v) is 4.33. The first kappa shape index (κ1) is 15.5. The van der Waals surface area contributed by atoms with Crippen LogP contribution in [0.2, 0.25) is 0 Å². The van der Waals surface area contributed by atoms with E-state index >= 15 is 0 Å². The summed E-state index contributed by atoms with van der Waals surface area (Å²) in [5.74, 6) is 1.98. The van der Waals surface area contributed by atoms with Gasteiger partial charge >= 0.3 is 5.97 Å². The Labute approximate surface area is 146 Å². The van der Waals surface area contributed by atoms with Gasteiger partial charge in [0.15, 0.2) is 0 Å². The molecule has 25 heavy (non-hydrogen) atoms. The van der Waals surface area contributed by atoms with Crippen LogP contribution in [0.25, 0.3) is 0 Å². The highest BCUT2D eigenvalue weighted by atomic mass is 16.5. The number of carbonyl (C=O) groups excluding carboxylic acids is 1. The second-order valence-corrected chi connectivity index (χ2v) is 6.08. The molecule has 0 aromatic heterocycles. The fourth-order valence-corrected chi connectivity index (χ4v) is 3.03. The lowest BCUT2D eigenvalue weighted by molar-refractivity contribution is -0.134. The van der Waals surface area contributed by atoms with E-state index in [1.807, 2.05) is 72.8 Å². The molecule has 3 nitrogen and oxygen atoms in total. The molecule has 3 heteroatoms. The van der Waals surface area contributed by atoms with E-state index in [-0.39, 0.29) is 5.97 Å². The molecule has 0 unspecified atom stereocenters. The summed E-state index contributed by atoms with van der Waals surface area (Å²) in [5, 5.41) is 0. The average molecular weight is 330 g/mol. The van der Waals surface area contributed by atoms with Gasteiger partial charge in [0, 0.05) is 18.4 Å². The molecule has 1 heterocycles. The number of benzene rings is 3. The van der Waals surface area contributed by atoms with Gasteiger partial charge in [0.25, 0.3) is 0 Å². The van der Waals surface area contributed by atoms with Crippen LogP contribution in [0, 0.1) is 0 Å². The Morgan fingerprint density at radius 3 is 2.52 bits per heavy atom. The number of fused-ring (bicyclic) bond motifs is 2. The van der Waals surface area contributed by atoms with Crippen molar-refractivity contribution in [2.45, 2.75) is 19.3 Å². The van der Waals surface area contributed by atoms with Crippen LogP contribution in [0.15, 0.2) is 72.8 Å². The normalized spacial score (nSPS) is 11.8. The molecule has 0 saturated heterocycles. The fourth-order valence-electron chi connectivity index (χ4n) is 3.03. The summed E-state index contributed by atoms with van der Waals surface area (Å²) < 4.78 is 11.6. The van der Waals surface area contributed by atoms with Crippen molar-refractivity contribution in [2.24, 2.45) is 0 Å². The average Bonchev–Trinajstić information content (AvgIpc) is 2.66. The second kappa shape index (κ2) is 6.81. The summed E-state index contributed by atoms with van der Waals surface area (Å²) in [7, 11) is 0. The fraction of sp³-hybridized carbons (Fsp3) is 0.136. The minimum Gasteiger partial charge on any atom is -0.457 e. The van der Waals surface area contributed by atoms with Gasteiger partial charge < -0.3 is 9.47 Å². The number of carbonyl (C=O) groups is 1. The van der Waals surface area contributed by atoms with Crippen LogP contribution in [0.3, 0.4) is 0 Å². The molecule has 0 fully saturated rings. The highest BCUT2D eigenvalue weighted by molar-refractivity contribution is 5.74. The van der Waals surface area contributed by atoms with E-state index in [2.05, 4.69) is 0 Å². The molecule has 124 valence electrons. The maximum Gasteiger partial charge on any atom is 0.311 e. The van der Waals surface area contributed by atoms with Crippen LogP contribution in [-0.4, -0.2) is 5.97 Å². The molecule has 0 saturated carbocycles. The predicted molar refractivity (Wildman–Crippen MR) is 96.2 cm³/mol. The number of aryl methyl sites for hydroxylation is 1. The topological polar surface area (TPSA) is 35.5 Å². The number of para-hydroxylation sites is 1. The summed E-state index contributed by atoms with van der Waals surface area (Å²) in [6.45, 7) is 0. The van der Waals surface area contributed by atoms with Crippen molar-refractivity contribution in [3.63, 3.8) is 0 Å². The zero-order valence-corrected chi connectivity index (χ0v) is 13.8. The maximum atomic E-state index is 12.3. The molecular weight excluding hydrogens is 312 g/mol. The Balaban J connectivity index is 1.48. The maximum absolute atomic E-state index is 12.3. The number of rotatable bonds is 4. The molecule has 3 aromatic rings. The zero-order chi connectivity index (χ0) is 17.1. The first-order valence-corrected chi connectivity index (χ1v) is 8.42. The van der Waals surface area contributed by atoms with Gasteiger partial charge in [0.2, 0.25) is 0 Å². The molecule has 0 N–H and O–H groups in total. The Morgan fingerprint density at radius 1 is 0.880 bits per heavy atom. The van der Waals surface area contributed by atoms with Crippen molar-refractivity contribution >= 4 is 5.97 Å². The Morgan fingerprint density at radius 2 is 1.64 bits per heavy atom. The molecule has 0 aliphatic carbocycles. The van der Waals surface area contributed by atoms with Crippen molar-refractivity contribution in [3.8, 4) is 17.2 Å². The summed E-state index contributed by atoms with van der Waals surface area (Å²) in [6, 6.07) is 23.5. The standard InChI is InChI=1S/C22H18O3/c23-22(14-13-16-7-2-1-3-8-16)25-21-12-6-11-20-18(21)15-17-9-4-5-10-19(17)24-20/h1-12H,13-15H2. The molecule has 4 rings (SSSR count). The van der Waals surface area contributed by atoms with E-state index in [4.69, 9.17) is 9.47 Å². The van der Waals surface area contributed by atoms with Crippen LogP contribution < -0.4 is 9.47 Å². The van der Waals surface area contributed by atoms with Gasteiger partial charge in [-0.1, -0.05) is 54.6 Å². The zero-order valence-electron chi connectivity index (χ0n) is 13.8. The van der Waals surface area contributed by atoms with Crippen LogP contribution in [0.5, 0.6) is 17.2 Å². The van der Waals surface area contributed by atoms with Crippen LogP contribution in [-0.2, 0) is 17.6 Å². The van der Waals surface area contributed by atoms with Crippen molar-refractivity contribution < 1.29 is 14.3 Å². The quantitative estimate of drug-likeness (QED) is 0.393. The molecule has 0 bridgehead atoms. The van der Waals surface area contributed by atoms with Gasteiger partial charge in [0.05, 0.1) is 0 Å². The largest absolute Gasteiger partial charge is 0.457 e. The van der Waals surface area contributed by atoms with E-state index < -0.39 is 0 Å². The molecule has 3 aromatic carbocycles. The van der Waals surface area contributed by atoms with E-state index in [1.54, 1.807) is 0 Å². The van der Waals surface area contributed by atoms with Crippen LogP contribution >= 0.6 is 0 Å². The number of ether oxygens (including phenoxy) is 2. The summed E-state index contributed by atoms with van der Waals surface area (Å²) in [4.78, 5) is 12.3. The van der Waals surface area contributed by atoms with E-state index in [0.29, 0.717) is 25.0 Å². The van der Waals surface area contributed by atoms with Gasteiger partial charge in [-0.2, -0.15) is 0 Å². The Bertz CT molecular complexity index is 900. The third kappa shape index (κ3) is 3.41. The molecule has 0 spiro atoms. The van der Waals surface area contributed by atoms with E-state index in [1.165, 1.54) is 0 Å². The van der Waals surface area contributed by atoms with Crippen molar-refractivity contribution in [2.75, 3.05) is 0 Å². The smallest absolute Gasteiger partial charge is 0.311 e. The molecule has 0 radical (unpaired) electrons. The first-order valence-electron chi connectivity index (χ1n) is 8.42. The van der Waals surface area contributed by atoms with Crippen molar-refractivity contribution in [1.29, 1.82) is 0 Å². The lowest BCUT2D eigenvalue weighted by atomic mass is 9.99.